The van der Waals surface area contributed by atoms with Gasteiger partial charge >= 0.3 is 0 Å². The fourth-order valence-corrected chi connectivity index (χ4v) is 1.13. The Morgan fingerprint density at radius 3 is 3.00 bits per heavy atom. The van der Waals surface area contributed by atoms with Crippen LogP contribution in [-0.4, -0.2) is 16.3 Å². The Hall–Kier alpha value is -1.12. The predicted molar refractivity (Wildman–Crippen MR) is 46.8 cm³/mol. The summed E-state index contributed by atoms with van der Waals surface area (Å²) in [6.45, 7) is 0. The summed E-state index contributed by atoms with van der Waals surface area (Å²) in [5, 5.41) is 0. The van der Waals surface area contributed by atoms with Crippen LogP contribution in [0.25, 0.3) is 0 Å². The van der Waals surface area contributed by atoms with E-state index in [1.807, 2.05) is 6.20 Å². The molecular weight excluding hydrogens is 152 g/mol. The highest BCUT2D eigenvalue weighted by molar-refractivity contribution is 5.48. The maximum atomic E-state index is 9.98. The minimum Gasteiger partial charge on any atom is -0.349 e. The minimum absolute atomic E-state index is 0.693. The minimum atomic E-state index is 0.693. The number of aldehydes is 1. The number of carbonyl (C=O) groups excluding carboxylic acids is 1. The Labute approximate surface area is 72.2 Å². The third kappa shape index (κ3) is 3.32. The van der Waals surface area contributed by atoms with Crippen molar-refractivity contribution in [2.75, 3.05) is 0 Å². The SMILES string of the molecule is O=CCCCCCc1ncc[nH]1. The third-order valence-corrected chi connectivity index (χ3v) is 1.79. The molecule has 0 bridgehead atoms. The van der Waals surface area contributed by atoms with E-state index in [0.717, 1.165) is 37.8 Å². The van der Waals surface area contributed by atoms with Gasteiger partial charge in [0.25, 0.3) is 0 Å². The van der Waals surface area contributed by atoms with Crippen molar-refractivity contribution in [3.63, 3.8) is 0 Å². The lowest BCUT2D eigenvalue weighted by Gasteiger charge is -1.95. The van der Waals surface area contributed by atoms with Crippen LogP contribution in [0.1, 0.15) is 31.5 Å². The zero-order valence-electron chi connectivity index (χ0n) is 7.12. The number of rotatable bonds is 6. The van der Waals surface area contributed by atoms with E-state index in [9.17, 15) is 4.79 Å². The van der Waals surface area contributed by atoms with Crippen molar-refractivity contribution in [3.8, 4) is 0 Å². The fraction of sp³-hybridized carbons (Fsp3) is 0.556. The quantitative estimate of drug-likeness (QED) is 0.516. The number of unbranched alkanes of at least 4 members (excludes halogenated alkanes) is 3. The molecule has 3 heteroatoms. The van der Waals surface area contributed by atoms with Crippen LogP contribution >= 0.6 is 0 Å². The molecule has 66 valence electrons. The smallest absolute Gasteiger partial charge is 0.119 e. The van der Waals surface area contributed by atoms with Crippen LogP contribution in [0.15, 0.2) is 12.4 Å². The number of imidazole rings is 1. The van der Waals surface area contributed by atoms with Gasteiger partial charge in [-0.15, -0.1) is 0 Å². The van der Waals surface area contributed by atoms with Gasteiger partial charge in [0, 0.05) is 25.2 Å². The molecule has 0 fully saturated rings. The van der Waals surface area contributed by atoms with Crippen molar-refractivity contribution in [1.29, 1.82) is 0 Å². The first-order valence-electron chi connectivity index (χ1n) is 4.35. The van der Waals surface area contributed by atoms with E-state index < -0.39 is 0 Å². The normalized spacial score (nSPS) is 10.0. The lowest BCUT2D eigenvalue weighted by atomic mass is 10.1. The molecule has 0 atom stereocenters. The molecule has 1 aromatic rings. The van der Waals surface area contributed by atoms with Crippen LogP contribution in [0.3, 0.4) is 0 Å². The van der Waals surface area contributed by atoms with Crippen LogP contribution in [0.4, 0.5) is 0 Å². The molecule has 1 rings (SSSR count). The number of hydrogen-bond donors (Lipinski definition) is 1. The van der Waals surface area contributed by atoms with Crippen LogP contribution in [0.5, 0.6) is 0 Å². The van der Waals surface area contributed by atoms with Crippen molar-refractivity contribution in [3.05, 3.63) is 18.2 Å². The monoisotopic (exact) mass is 166 g/mol. The zero-order chi connectivity index (χ0) is 8.65. The average molecular weight is 166 g/mol. The topological polar surface area (TPSA) is 45.8 Å². The lowest BCUT2D eigenvalue weighted by molar-refractivity contribution is -0.107. The van der Waals surface area contributed by atoms with Gasteiger partial charge in [0.15, 0.2) is 0 Å². The fourth-order valence-electron chi connectivity index (χ4n) is 1.13. The van der Waals surface area contributed by atoms with Gasteiger partial charge in [-0.25, -0.2) is 4.98 Å². The number of aryl methyl sites for hydroxylation is 1. The molecule has 1 aromatic heterocycles. The number of H-pyrrole nitrogens is 1. The first-order chi connectivity index (χ1) is 5.93. The second-order valence-corrected chi connectivity index (χ2v) is 2.80. The second-order valence-electron chi connectivity index (χ2n) is 2.80. The number of aromatic amines is 1. The van der Waals surface area contributed by atoms with Crippen LogP contribution in [0.2, 0.25) is 0 Å². The number of hydrogen-bond acceptors (Lipinski definition) is 2. The predicted octanol–water partition coefficient (Wildman–Crippen LogP) is 1.71. The van der Waals surface area contributed by atoms with E-state index in [2.05, 4.69) is 9.97 Å². The van der Waals surface area contributed by atoms with Crippen molar-refractivity contribution < 1.29 is 4.79 Å². The van der Waals surface area contributed by atoms with Gasteiger partial charge in [0.05, 0.1) is 0 Å². The third-order valence-electron chi connectivity index (χ3n) is 1.79. The molecule has 0 saturated carbocycles. The molecule has 0 radical (unpaired) electrons. The standard InChI is InChI=1S/C9H14N2O/c12-8-4-2-1-3-5-9-10-6-7-11-9/h6-8H,1-5H2,(H,10,11). The van der Waals surface area contributed by atoms with E-state index in [4.69, 9.17) is 0 Å². The Morgan fingerprint density at radius 1 is 1.42 bits per heavy atom. The van der Waals surface area contributed by atoms with Crippen molar-refractivity contribution in [2.24, 2.45) is 0 Å². The Morgan fingerprint density at radius 2 is 2.33 bits per heavy atom. The van der Waals surface area contributed by atoms with E-state index in [-0.39, 0.29) is 0 Å². The lowest BCUT2D eigenvalue weighted by Crippen LogP contribution is -1.88. The summed E-state index contributed by atoms with van der Waals surface area (Å²) in [6.07, 6.45) is 9.49. The Kier molecular flexibility index (Phi) is 4.13. The van der Waals surface area contributed by atoms with Gasteiger partial charge in [-0.05, 0) is 12.8 Å². The molecule has 12 heavy (non-hydrogen) atoms. The first kappa shape index (κ1) is 8.97. The highest BCUT2D eigenvalue weighted by atomic mass is 16.1. The van der Waals surface area contributed by atoms with Crippen molar-refractivity contribution in [2.45, 2.75) is 32.1 Å². The number of carbonyl (C=O) groups is 1. The highest BCUT2D eigenvalue weighted by Crippen LogP contribution is 2.02. The maximum absolute atomic E-state index is 9.98. The summed E-state index contributed by atoms with van der Waals surface area (Å²) < 4.78 is 0. The molecular formula is C9H14N2O. The zero-order valence-corrected chi connectivity index (χ0v) is 7.12. The molecule has 0 unspecified atom stereocenters. The van der Waals surface area contributed by atoms with E-state index >= 15 is 0 Å². The van der Waals surface area contributed by atoms with Crippen LogP contribution in [0, 0.1) is 0 Å². The molecule has 1 heterocycles. The molecule has 0 saturated heterocycles. The number of nitrogens with one attached hydrogen (secondary N) is 1. The van der Waals surface area contributed by atoms with E-state index in [1.54, 1.807) is 6.20 Å². The molecule has 0 aliphatic rings. The number of nitrogens with zero attached hydrogens (tertiary/aromatic N) is 1. The van der Waals surface area contributed by atoms with Crippen molar-refractivity contribution in [1.82, 2.24) is 9.97 Å². The summed E-state index contributed by atoms with van der Waals surface area (Å²) in [6, 6.07) is 0. The average Bonchev–Trinajstić information content (AvgIpc) is 2.57. The van der Waals surface area contributed by atoms with Gasteiger partial charge in [0.1, 0.15) is 12.1 Å². The Bertz CT molecular complexity index is 206. The van der Waals surface area contributed by atoms with Crippen LogP contribution < -0.4 is 0 Å². The molecule has 0 aromatic carbocycles. The molecule has 0 amide bonds. The van der Waals surface area contributed by atoms with E-state index in [1.165, 1.54) is 0 Å². The second kappa shape index (κ2) is 5.52. The summed E-state index contributed by atoms with van der Waals surface area (Å²) in [5.41, 5.74) is 0. The highest BCUT2D eigenvalue weighted by Gasteiger charge is 1.93. The molecule has 0 aliphatic carbocycles. The van der Waals surface area contributed by atoms with E-state index in [0.29, 0.717) is 6.42 Å². The van der Waals surface area contributed by atoms with Gasteiger partial charge in [-0.2, -0.15) is 0 Å². The largest absolute Gasteiger partial charge is 0.349 e. The van der Waals surface area contributed by atoms with Gasteiger partial charge in [0.2, 0.25) is 0 Å². The number of aromatic nitrogens is 2. The van der Waals surface area contributed by atoms with Gasteiger partial charge < -0.3 is 9.78 Å². The molecule has 3 nitrogen and oxygen atoms in total. The molecule has 0 aliphatic heterocycles. The summed E-state index contributed by atoms with van der Waals surface area (Å²) in [7, 11) is 0. The Balaban J connectivity index is 2.00. The molecule has 0 spiro atoms. The molecule has 1 N–H and O–H groups in total. The summed E-state index contributed by atoms with van der Waals surface area (Å²) >= 11 is 0. The summed E-state index contributed by atoms with van der Waals surface area (Å²) in [4.78, 5) is 17.1. The van der Waals surface area contributed by atoms with Gasteiger partial charge in [-0.3, -0.25) is 0 Å². The first-order valence-corrected chi connectivity index (χ1v) is 4.35. The van der Waals surface area contributed by atoms with Crippen molar-refractivity contribution >= 4 is 6.29 Å². The van der Waals surface area contributed by atoms with Crippen LogP contribution in [-0.2, 0) is 11.2 Å². The summed E-state index contributed by atoms with van der Waals surface area (Å²) in [5.74, 6) is 1.04. The maximum Gasteiger partial charge on any atom is 0.119 e. The van der Waals surface area contributed by atoms with Gasteiger partial charge in [-0.1, -0.05) is 6.42 Å².